The fourth-order valence-corrected chi connectivity index (χ4v) is 2.46. The molecule has 23 heavy (non-hydrogen) atoms. The quantitative estimate of drug-likeness (QED) is 0.812. The average Bonchev–Trinajstić information content (AvgIpc) is 3.03. The van der Waals surface area contributed by atoms with Crippen molar-refractivity contribution in [3.8, 4) is 11.5 Å². The Kier molecular flexibility index (Phi) is 4.06. The molecule has 0 bridgehead atoms. The highest BCUT2D eigenvalue weighted by atomic mass is 16.7. The van der Waals surface area contributed by atoms with Gasteiger partial charge in [0.15, 0.2) is 5.82 Å². The molecule has 1 saturated heterocycles. The van der Waals surface area contributed by atoms with E-state index in [-0.39, 0.29) is 18.3 Å². The molecule has 0 saturated carbocycles. The van der Waals surface area contributed by atoms with Gasteiger partial charge < -0.3 is 13.8 Å². The van der Waals surface area contributed by atoms with Crippen molar-refractivity contribution in [1.82, 2.24) is 10.1 Å². The first kappa shape index (κ1) is 16.2. The van der Waals surface area contributed by atoms with Gasteiger partial charge in [0.05, 0.1) is 11.2 Å². The van der Waals surface area contributed by atoms with E-state index in [1.54, 1.807) is 0 Å². The molecule has 2 aromatic rings. The highest BCUT2D eigenvalue weighted by Crippen LogP contribution is 2.36. The topological polar surface area (TPSA) is 57.4 Å². The Labute approximate surface area is 137 Å². The van der Waals surface area contributed by atoms with Crippen LogP contribution in [0.3, 0.4) is 0 Å². The van der Waals surface area contributed by atoms with E-state index >= 15 is 0 Å². The number of nitrogens with zero attached hydrogens (tertiary/aromatic N) is 2. The van der Waals surface area contributed by atoms with Gasteiger partial charge in [-0.2, -0.15) is 4.98 Å². The van der Waals surface area contributed by atoms with E-state index in [9.17, 15) is 0 Å². The second-order valence-electron chi connectivity index (χ2n) is 6.98. The monoisotopic (exact) mass is 314 g/mol. The molecular weight excluding hydrogens is 291 g/mol. The SMILES string of the molecule is CCCc1noc(-c2ccc(B3OC(C)(C)C(C)(C)O3)cc2)n1. The van der Waals surface area contributed by atoms with Crippen LogP contribution in [0.5, 0.6) is 0 Å². The number of rotatable bonds is 4. The Morgan fingerprint density at radius 1 is 1.00 bits per heavy atom. The van der Waals surface area contributed by atoms with Crippen LogP contribution in [0.25, 0.3) is 11.5 Å². The summed E-state index contributed by atoms with van der Waals surface area (Å²) in [5.41, 5.74) is 1.22. The maximum absolute atomic E-state index is 6.06. The normalized spacial score (nSPS) is 19.3. The molecule has 6 heteroatoms. The molecule has 1 aromatic carbocycles. The first-order chi connectivity index (χ1) is 10.8. The summed E-state index contributed by atoms with van der Waals surface area (Å²) in [4.78, 5) is 4.40. The summed E-state index contributed by atoms with van der Waals surface area (Å²) in [7, 11) is -0.354. The van der Waals surface area contributed by atoms with Crippen molar-refractivity contribution in [1.29, 1.82) is 0 Å². The minimum Gasteiger partial charge on any atom is -0.399 e. The molecule has 2 heterocycles. The molecule has 0 atom stereocenters. The van der Waals surface area contributed by atoms with Gasteiger partial charge in [-0.15, -0.1) is 0 Å². The molecule has 1 aromatic heterocycles. The number of hydrogen-bond acceptors (Lipinski definition) is 5. The van der Waals surface area contributed by atoms with Crippen molar-refractivity contribution in [3.05, 3.63) is 30.1 Å². The van der Waals surface area contributed by atoms with Crippen molar-refractivity contribution in [2.45, 2.75) is 58.7 Å². The molecular formula is C17H23BN2O3. The van der Waals surface area contributed by atoms with Crippen LogP contribution in [0.2, 0.25) is 0 Å². The first-order valence-corrected chi connectivity index (χ1v) is 8.11. The molecule has 1 aliphatic heterocycles. The third-order valence-electron chi connectivity index (χ3n) is 4.62. The minimum absolute atomic E-state index is 0.335. The Morgan fingerprint density at radius 2 is 1.61 bits per heavy atom. The van der Waals surface area contributed by atoms with Crippen LogP contribution in [-0.2, 0) is 15.7 Å². The second-order valence-corrected chi connectivity index (χ2v) is 6.98. The third-order valence-corrected chi connectivity index (χ3v) is 4.62. The number of aromatic nitrogens is 2. The summed E-state index contributed by atoms with van der Waals surface area (Å²) < 4.78 is 17.4. The highest BCUT2D eigenvalue weighted by Gasteiger charge is 2.51. The van der Waals surface area contributed by atoms with Gasteiger partial charge >= 0.3 is 7.12 Å². The Bertz CT molecular complexity index is 663. The smallest absolute Gasteiger partial charge is 0.399 e. The summed E-state index contributed by atoms with van der Waals surface area (Å²) >= 11 is 0. The van der Waals surface area contributed by atoms with Gasteiger partial charge in [-0.25, -0.2) is 0 Å². The standard InChI is InChI=1S/C17H23BN2O3/c1-6-7-14-19-15(21-20-14)12-8-10-13(11-9-12)18-22-16(2,3)17(4,5)23-18/h8-11H,6-7H2,1-5H3. The van der Waals surface area contributed by atoms with E-state index < -0.39 is 0 Å². The number of hydrogen-bond donors (Lipinski definition) is 0. The first-order valence-electron chi connectivity index (χ1n) is 8.11. The van der Waals surface area contributed by atoms with E-state index in [0.717, 1.165) is 29.7 Å². The molecule has 122 valence electrons. The zero-order valence-electron chi connectivity index (χ0n) is 14.4. The lowest BCUT2D eigenvalue weighted by molar-refractivity contribution is 0.00578. The fourth-order valence-electron chi connectivity index (χ4n) is 2.46. The van der Waals surface area contributed by atoms with Crippen LogP contribution in [0.1, 0.15) is 46.9 Å². The lowest BCUT2D eigenvalue weighted by Gasteiger charge is -2.32. The lowest BCUT2D eigenvalue weighted by atomic mass is 9.79. The third kappa shape index (κ3) is 3.05. The van der Waals surface area contributed by atoms with Crippen LogP contribution >= 0.6 is 0 Å². The van der Waals surface area contributed by atoms with E-state index in [2.05, 4.69) is 44.8 Å². The van der Waals surface area contributed by atoms with Crippen LogP contribution < -0.4 is 5.46 Å². The Morgan fingerprint density at radius 3 is 2.17 bits per heavy atom. The summed E-state index contributed by atoms with van der Waals surface area (Å²) in [6.07, 6.45) is 1.83. The van der Waals surface area contributed by atoms with Crippen molar-refractivity contribution >= 4 is 12.6 Å². The Balaban J connectivity index is 1.77. The minimum atomic E-state index is -0.354. The lowest BCUT2D eigenvalue weighted by Crippen LogP contribution is -2.41. The van der Waals surface area contributed by atoms with Crippen molar-refractivity contribution < 1.29 is 13.8 Å². The van der Waals surface area contributed by atoms with Crippen LogP contribution in [0, 0.1) is 0 Å². The number of aryl methyl sites for hydroxylation is 1. The predicted octanol–water partition coefficient (Wildman–Crippen LogP) is 2.99. The average molecular weight is 314 g/mol. The van der Waals surface area contributed by atoms with Crippen LogP contribution in [0.15, 0.2) is 28.8 Å². The van der Waals surface area contributed by atoms with Gasteiger partial charge in [0, 0.05) is 12.0 Å². The second kappa shape index (κ2) is 5.76. The largest absolute Gasteiger partial charge is 0.494 e. The number of benzene rings is 1. The fraction of sp³-hybridized carbons (Fsp3) is 0.529. The summed E-state index contributed by atoms with van der Waals surface area (Å²) in [6, 6.07) is 7.90. The molecule has 0 radical (unpaired) electrons. The molecule has 1 aliphatic rings. The maximum atomic E-state index is 6.06. The molecule has 0 amide bonds. The van der Waals surface area contributed by atoms with Crippen molar-refractivity contribution in [3.63, 3.8) is 0 Å². The molecule has 0 aliphatic carbocycles. The molecule has 0 spiro atoms. The maximum Gasteiger partial charge on any atom is 0.494 e. The summed E-state index contributed by atoms with van der Waals surface area (Å²) in [5, 5.41) is 3.98. The molecule has 1 fully saturated rings. The molecule has 5 nitrogen and oxygen atoms in total. The van der Waals surface area contributed by atoms with Crippen molar-refractivity contribution in [2.24, 2.45) is 0 Å². The van der Waals surface area contributed by atoms with E-state index in [4.69, 9.17) is 13.8 Å². The van der Waals surface area contributed by atoms with Gasteiger partial charge in [0.1, 0.15) is 0 Å². The van der Waals surface area contributed by atoms with Gasteiger partial charge in [-0.3, -0.25) is 0 Å². The summed E-state index contributed by atoms with van der Waals surface area (Å²) in [6.45, 7) is 10.3. The zero-order chi connectivity index (χ0) is 16.7. The van der Waals surface area contributed by atoms with E-state index in [1.807, 2.05) is 24.3 Å². The summed E-state index contributed by atoms with van der Waals surface area (Å²) in [5.74, 6) is 1.30. The van der Waals surface area contributed by atoms with Crippen LogP contribution in [0.4, 0.5) is 0 Å². The highest BCUT2D eigenvalue weighted by molar-refractivity contribution is 6.62. The van der Waals surface area contributed by atoms with Crippen LogP contribution in [-0.4, -0.2) is 28.5 Å². The van der Waals surface area contributed by atoms with Gasteiger partial charge in [0.2, 0.25) is 0 Å². The van der Waals surface area contributed by atoms with Gasteiger partial charge in [0.25, 0.3) is 5.89 Å². The van der Waals surface area contributed by atoms with E-state index in [0.29, 0.717) is 5.89 Å². The molecule has 0 N–H and O–H groups in total. The Hall–Kier alpha value is -1.66. The predicted molar refractivity (Wildman–Crippen MR) is 89.4 cm³/mol. The van der Waals surface area contributed by atoms with Crippen molar-refractivity contribution in [2.75, 3.05) is 0 Å². The zero-order valence-corrected chi connectivity index (χ0v) is 14.4. The van der Waals surface area contributed by atoms with Gasteiger partial charge in [-0.05, 0) is 51.7 Å². The van der Waals surface area contributed by atoms with Gasteiger partial charge in [-0.1, -0.05) is 24.2 Å². The van der Waals surface area contributed by atoms with E-state index in [1.165, 1.54) is 0 Å². The molecule has 3 rings (SSSR count). The molecule has 0 unspecified atom stereocenters.